The molecule has 0 spiro atoms. The molecular weight excluding hydrogens is 269 g/mol. The Kier molecular flexibility index (Phi) is 4.30. The molecule has 20 heavy (non-hydrogen) atoms. The van der Waals surface area contributed by atoms with E-state index in [4.69, 9.17) is 0 Å². The molecule has 1 aromatic heterocycles. The molecule has 1 fully saturated rings. The molecule has 1 aliphatic carbocycles. The summed E-state index contributed by atoms with van der Waals surface area (Å²) in [4.78, 5) is 16.0. The van der Waals surface area contributed by atoms with Gasteiger partial charge in [-0.05, 0) is 44.7 Å². The summed E-state index contributed by atoms with van der Waals surface area (Å²) in [5.74, 6) is -1.54. The van der Waals surface area contributed by atoms with Gasteiger partial charge < -0.3 is 5.32 Å². The van der Waals surface area contributed by atoms with Crippen LogP contribution < -0.4 is 5.32 Å². The van der Waals surface area contributed by atoms with Gasteiger partial charge in [0.1, 0.15) is 5.69 Å². The number of halogens is 3. The molecule has 0 aliphatic heterocycles. The summed E-state index contributed by atoms with van der Waals surface area (Å²) < 4.78 is 37.6. The lowest BCUT2D eigenvalue weighted by atomic mass is 9.85. The first-order valence-corrected chi connectivity index (χ1v) is 6.67. The molecule has 3 nitrogen and oxygen atoms in total. The van der Waals surface area contributed by atoms with E-state index in [9.17, 15) is 18.0 Å². The van der Waals surface area contributed by atoms with E-state index in [2.05, 4.69) is 10.3 Å². The minimum absolute atomic E-state index is 0.0791. The number of carbonyl (C=O) groups excluding carboxylic acids is 1. The molecule has 1 aliphatic rings. The zero-order chi connectivity index (χ0) is 14.8. The fourth-order valence-corrected chi connectivity index (χ4v) is 2.49. The molecule has 0 unspecified atom stereocenters. The number of aryl methyl sites for hydroxylation is 1. The Balaban J connectivity index is 1.88. The molecule has 0 atom stereocenters. The summed E-state index contributed by atoms with van der Waals surface area (Å²) in [6, 6.07) is 4.93. The van der Waals surface area contributed by atoms with Gasteiger partial charge in [0.05, 0.1) is 5.92 Å². The van der Waals surface area contributed by atoms with Gasteiger partial charge in [0.25, 0.3) is 5.91 Å². The molecule has 0 bridgehead atoms. The molecule has 1 N–H and O–H groups in total. The fraction of sp³-hybridized carbons (Fsp3) is 0.571. The number of nitrogens with zero attached hydrogens (tertiary/aromatic N) is 1. The van der Waals surface area contributed by atoms with Crippen LogP contribution in [0.1, 0.15) is 41.9 Å². The molecule has 2 rings (SSSR count). The maximum Gasteiger partial charge on any atom is 0.391 e. The highest BCUT2D eigenvalue weighted by molar-refractivity contribution is 5.92. The Morgan fingerprint density at radius 2 is 1.90 bits per heavy atom. The second-order valence-corrected chi connectivity index (χ2v) is 5.23. The number of amides is 1. The van der Waals surface area contributed by atoms with Gasteiger partial charge >= 0.3 is 6.18 Å². The second-order valence-electron chi connectivity index (χ2n) is 5.23. The maximum absolute atomic E-state index is 12.5. The Bertz CT molecular complexity index is 480. The van der Waals surface area contributed by atoms with E-state index < -0.39 is 12.1 Å². The molecule has 0 radical (unpaired) electrons. The van der Waals surface area contributed by atoms with E-state index in [-0.39, 0.29) is 24.8 Å². The number of rotatable bonds is 2. The Hall–Kier alpha value is -1.59. The van der Waals surface area contributed by atoms with Gasteiger partial charge in [-0.2, -0.15) is 13.2 Å². The van der Waals surface area contributed by atoms with Crippen LogP contribution in [0, 0.1) is 12.8 Å². The highest BCUT2D eigenvalue weighted by Crippen LogP contribution is 2.37. The van der Waals surface area contributed by atoms with E-state index in [1.165, 1.54) is 0 Å². The molecule has 1 amide bonds. The molecule has 0 saturated heterocycles. The quantitative estimate of drug-likeness (QED) is 0.907. The van der Waals surface area contributed by atoms with E-state index >= 15 is 0 Å². The summed E-state index contributed by atoms with van der Waals surface area (Å²) in [6.07, 6.45) is -3.23. The summed E-state index contributed by atoms with van der Waals surface area (Å²) in [5.41, 5.74) is 1.04. The number of aromatic nitrogens is 1. The molecule has 6 heteroatoms. The van der Waals surface area contributed by atoms with Gasteiger partial charge in [0.2, 0.25) is 0 Å². The SMILES string of the molecule is Cc1cccc(C(=O)NC2CCC(C(F)(F)F)CC2)n1. The normalized spacial score (nSPS) is 23.4. The number of hydrogen-bond donors (Lipinski definition) is 1. The average molecular weight is 286 g/mol. The van der Waals surface area contributed by atoms with E-state index in [1.807, 2.05) is 0 Å². The molecule has 0 aromatic carbocycles. The smallest absolute Gasteiger partial charge is 0.348 e. The summed E-state index contributed by atoms with van der Waals surface area (Å²) in [5, 5.41) is 2.77. The minimum Gasteiger partial charge on any atom is -0.348 e. The first kappa shape index (κ1) is 14.8. The lowest BCUT2D eigenvalue weighted by Crippen LogP contribution is -2.40. The van der Waals surface area contributed by atoms with Crippen molar-refractivity contribution in [3.05, 3.63) is 29.6 Å². The van der Waals surface area contributed by atoms with Gasteiger partial charge in [-0.1, -0.05) is 6.07 Å². The van der Waals surface area contributed by atoms with Crippen LogP contribution in [0.25, 0.3) is 0 Å². The number of alkyl halides is 3. The number of carbonyl (C=O) groups is 1. The number of nitrogens with one attached hydrogen (secondary N) is 1. The van der Waals surface area contributed by atoms with E-state index in [0.29, 0.717) is 18.5 Å². The van der Waals surface area contributed by atoms with Gasteiger partial charge in [-0.3, -0.25) is 4.79 Å². The third kappa shape index (κ3) is 3.71. The van der Waals surface area contributed by atoms with Crippen molar-refractivity contribution in [1.82, 2.24) is 10.3 Å². The van der Waals surface area contributed by atoms with Crippen molar-refractivity contribution in [2.45, 2.75) is 44.8 Å². The number of pyridine rings is 1. The highest BCUT2D eigenvalue weighted by Gasteiger charge is 2.41. The van der Waals surface area contributed by atoms with Crippen molar-refractivity contribution >= 4 is 5.91 Å². The van der Waals surface area contributed by atoms with Gasteiger partial charge in [-0.15, -0.1) is 0 Å². The highest BCUT2D eigenvalue weighted by atomic mass is 19.4. The zero-order valence-electron chi connectivity index (χ0n) is 11.2. The fourth-order valence-electron chi connectivity index (χ4n) is 2.49. The second kappa shape index (κ2) is 5.81. The summed E-state index contributed by atoms with van der Waals surface area (Å²) in [7, 11) is 0. The van der Waals surface area contributed by atoms with Gasteiger partial charge in [0, 0.05) is 11.7 Å². The third-order valence-corrected chi connectivity index (χ3v) is 3.65. The first-order chi connectivity index (χ1) is 9.36. The number of hydrogen-bond acceptors (Lipinski definition) is 2. The zero-order valence-corrected chi connectivity index (χ0v) is 11.2. The average Bonchev–Trinajstić information content (AvgIpc) is 2.38. The standard InChI is InChI=1S/C14H17F3N2O/c1-9-3-2-4-12(18-9)13(20)19-11-7-5-10(6-8-11)14(15,16)17/h2-4,10-11H,5-8H2,1H3,(H,19,20). The van der Waals surface area contributed by atoms with Crippen LogP contribution >= 0.6 is 0 Å². The predicted molar refractivity (Wildman–Crippen MR) is 68.2 cm³/mol. The Morgan fingerprint density at radius 1 is 1.25 bits per heavy atom. The van der Waals surface area contributed by atoms with Crippen LogP contribution in [-0.2, 0) is 0 Å². The summed E-state index contributed by atoms with van der Waals surface area (Å²) in [6.45, 7) is 1.78. The van der Waals surface area contributed by atoms with Crippen molar-refractivity contribution in [2.24, 2.45) is 5.92 Å². The lowest BCUT2D eigenvalue weighted by Gasteiger charge is -2.30. The van der Waals surface area contributed by atoms with Crippen molar-refractivity contribution < 1.29 is 18.0 Å². The predicted octanol–water partition coefficient (Wildman–Crippen LogP) is 3.24. The largest absolute Gasteiger partial charge is 0.391 e. The third-order valence-electron chi connectivity index (χ3n) is 3.65. The molecule has 1 heterocycles. The van der Waals surface area contributed by atoms with Gasteiger partial charge in [-0.25, -0.2) is 4.98 Å². The molecular formula is C14H17F3N2O. The summed E-state index contributed by atoms with van der Waals surface area (Å²) >= 11 is 0. The van der Waals surface area contributed by atoms with Crippen LogP contribution in [0.3, 0.4) is 0 Å². The van der Waals surface area contributed by atoms with Crippen LogP contribution in [0.5, 0.6) is 0 Å². The Labute approximate surface area is 115 Å². The topological polar surface area (TPSA) is 42.0 Å². The van der Waals surface area contributed by atoms with Crippen LogP contribution in [-0.4, -0.2) is 23.1 Å². The van der Waals surface area contributed by atoms with E-state index in [0.717, 1.165) is 5.69 Å². The van der Waals surface area contributed by atoms with Crippen molar-refractivity contribution in [1.29, 1.82) is 0 Å². The van der Waals surface area contributed by atoms with Crippen molar-refractivity contribution in [3.63, 3.8) is 0 Å². The van der Waals surface area contributed by atoms with E-state index in [1.54, 1.807) is 25.1 Å². The van der Waals surface area contributed by atoms with Crippen molar-refractivity contribution in [2.75, 3.05) is 0 Å². The molecule has 1 aromatic rings. The van der Waals surface area contributed by atoms with Crippen molar-refractivity contribution in [3.8, 4) is 0 Å². The molecule has 1 saturated carbocycles. The first-order valence-electron chi connectivity index (χ1n) is 6.67. The van der Waals surface area contributed by atoms with Crippen LogP contribution in [0.2, 0.25) is 0 Å². The minimum atomic E-state index is -4.12. The lowest BCUT2D eigenvalue weighted by molar-refractivity contribution is -0.182. The van der Waals surface area contributed by atoms with Crippen LogP contribution in [0.4, 0.5) is 13.2 Å². The monoisotopic (exact) mass is 286 g/mol. The molecule has 110 valence electrons. The van der Waals surface area contributed by atoms with Crippen LogP contribution in [0.15, 0.2) is 18.2 Å². The van der Waals surface area contributed by atoms with Gasteiger partial charge in [0.15, 0.2) is 0 Å². The maximum atomic E-state index is 12.5. The Morgan fingerprint density at radius 3 is 2.45 bits per heavy atom.